The first-order valence-corrected chi connectivity index (χ1v) is 6.26. The van der Waals surface area contributed by atoms with E-state index in [0.717, 1.165) is 0 Å². The zero-order chi connectivity index (χ0) is 15.8. The first-order chi connectivity index (χ1) is 9.95. The summed E-state index contributed by atoms with van der Waals surface area (Å²) in [6.45, 7) is 5.87. The lowest BCUT2D eigenvalue weighted by molar-refractivity contribution is -0.385. The number of carbonyl (C=O) groups excluding carboxylic acids is 2. The maximum atomic E-state index is 11.2. The molecular formula is C14H16N2O5. The molecule has 0 aliphatic rings. The van der Waals surface area contributed by atoms with Crippen LogP contribution in [0.5, 0.6) is 5.75 Å². The van der Waals surface area contributed by atoms with Crippen molar-refractivity contribution >= 4 is 17.9 Å². The fourth-order valence-electron chi connectivity index (χ4n) is 1.50. The Kier molecular flexibility index (Phi) is 6.06. The highest BCUT2D eigenvalue weighted by atomic mass is 16.6. The van der Waals surface area contributed by atoms with Crippen molar-refractivity contribution in [3.8, 4) is 5.75 Å². The number of nitro benzene ring substituents is 1. The first-order valence-electron chi connectivity index (χ1n) is 6.26. The van der Waals surface area contributed by atoms with Crippen LogP contribution in [-0.2, 0) is 4.79 Å². The van der Waals surface area contributed by atoms with Crippen molar-refractivity contribution in [2.24, 2.45) is 0 Å². The summed E-state index contributed by atoms with van der Waals surface area (Å²) in [5.74, 6) is 0.155. The van der Waals surface area contributed by atoms with Crippen molar-refractivity contribution in [2.75, 3.05) is 13.2 Å². The molecule has 0 fully saturated rings. The number of nitrogens with zero attached hydrogens (tertiary/aromatic N) is 1. The number of hydrogen-bond acceptors (Lipinski definition) is 5. The molecule has 1 rings (SSSR count). The van der Waals surface area contributed by atoms with E-state index in [2.05, 4.69) is 11.9 Å². The Morgan fingerprint density at radius 3 is 2.81 bits per heavy atom. The van der Waals surface area contributed by atoms with E-state index in [-0.39, 0.29) is 17.2 Å². The van der Waals surface area contributed by atoms with Crippen LogP contribution in [0.25, 0.3) is 0 Å². The summed E-state index contributed by atoms with van der Waals surface area (Å²) in [5, 5.41) is 13.3. The molecule has 0 unspecified atom stereocenters. The van der Waals surface area contributed by atoms with Gasteiger partial charge < -0.3 is 10.1 Å². The van der Waals surface area contributed by atoms with E-state index < -0.39 is 4.92 Å². The van der Waals surface area contributed by atoms with Crippen LogP contribution in [0.4, 0.5) is 5.69 Å². The fourth-order valence-corrected chi connectivity index (χ4v) is 1.50. The molecule has 1 aromatic carbocycles. The van der Waals surface area contributed by atoms with E-state index in [1.54, 1.807) is 6.92 Å². The number of amides is 1. The average molecular weight is 292 g/mol. The van der Waals surface area contributed by atoms with Gasteiger partial charge in [-0.15, -0.1) is 0 Å². The van der Waals surface area contributed by atoms with Gasteiger partial charge in [0.2, 0.25) is 5.91 Å². The minimum Gasteiger partial charge on any atom is -0.493 e. The summed E-state index contributed by atoms with van der Waals surface area (Å²) < 4.78 is 5.37. The van der Waals surface area contributed by atoms with Crippen molar-refractivity contribution < 1.29 is 19.2 Å². The summed E-state index contributed by atoms with van der Waals surface area (Å²) in [7, 11) is 0. The zero-order valence-corrected chi connectivity index (χ0v) is 11.6. The van der Waals surface area contributed by atoms with Gasteiger partial charge in [0.05, 0.1) is 17.1 Å². The van der Waals surface area contributed by atoms with Gasteiger partial charge in [0, 0.05) is 18.2 Å². The Balaban J connectivity index is 2.46. The number of nitro groups is 1. The van der Waals surface area contributed by atoms with Gasteiger partial charge in [0.1, 0.15) is 5.75 Å². The number of benzene rings is 1. The van der Waals surface area contributed by atoms with E-state index in [1.165, 1.54) is 18.2 Å². The molecule has 0 saturated heterocycles. The number of ether oxygens (including phenoxy) is 1. The molecule has 112 valence electrons. The molecule has 1 amide bonds. The molecule has 0 aromatic heterocycles. The summed E-state index contributed by atoms with van der Waals surface area (Å²) >= 11 is 0. The third-order valence-corrected chi connectivity index (χ3v) is 2.59. The predicted octanol–water partition coefficient (Wildman–Crippen LogP) is 1.87. The number of aldehydes is 1. The van der Waals surface area contributed by atoms with Gasteiger partial charge in [-0.2, -0.15) is 0 Å². The third-order valence-electron chi connectivity index (χ3n) is 2.59. The van der Waals surface area contributed by atoms with Gasteiger partial charge in [0.15, 0.2) is 6.29 Å². The largest absolute Gasteiger partial charge is 0.493 e. The summed E-state index contributed by atoms with van der Waals surface area (Å²) in [5.41, 5.74) is 0.140. The Morgan fingerprint density at radius 1 is 1.52 bits per heavy atom. The maximum absolute atomic E-state index is 11.2. The quantitative estimate of drug-likeness (QED) is 0.259. The minimum atomic E-state index is -0.624. The second-order valence-electron chi connectivity index (χ2n) is 4.33. The van der Waals surface area contributed by atoms with Crippen molar-refractivity contribution in [2.45, 2.75) is 13.3 Å². The monoisotopic (exact) mass is 292 g/mol. The molecule has 0 radical (unpaired) electrons. The molecule has 0 bridgehead atoms. The van der Waals surface area contributed by atoms with Crippen LogP contribution in [0, 0.1) is 10.1 Å². The van der Waals surface area contributed by atoms with E-state index in [9.17, 15) is 19.7 Å². The number of carbonyl (C=O) groups is 2. The SMILES string of the molecule is C=C(C)C(=O)NCCCOc1ccc([N+](=O)[O-])c(C=O)c1. The highest BCUT2D eigenvalue weighted by Gasteiger charge is 2.13. The highest BCUT2D eigenvalue weighted by molar-refractivity contribution is 5.92. The Bertz CT molecular complexity index is 568. The molecule has 1 aromatic rings. The Labute approximate surface area is 121 Å². The normalized spacial score (nSPS) is 9.76. The lowest BCUT2D eigenvalue weighted by Gasteiger charge is -2.08. The van der Waals surface area contributed by atoms with Crippen LogP contribution in [0.1, 0.15) is 23.7 Å². The Morgan fingerprint density at radius 2 is 2.24 bits per heavy atom. The predicted molar refractivity (Wildman–Crippen MR) is 76.4 cm³/mol. The van der Waals surface area contributed by atoms with E-state index in [4.69, 9.17) is 4.74 Å². The van der Waals surface area contributed by atoms with E-state index in [1.807, 2.05) is 0 Å². The Hall–Kier alpha value is -2.70. The van der Waals surface area contributed by atoms with Crippen molar-refractivity contribution in [3.05, 3.63) is 46.0 Å². The van der Waals surface area contributed by atoms with Crippen molar-refractivity contribution in [1.29, 1.82) is 0 Å². The average Bonchev–Trinajstić information content (AvgIpc) is 2.45. The van der Waals surface area contributed by atoms with Crippen LogP contribution in [-0.4, -0.2) is 30.3 Å². The molecule has 21 heavy (non-hydrogen) atoms. The van der Waals surface area contributed by atoms with Gasteiger partial charge in [-0.05, 0) is 25.5 Å². The zero-order valence-electron chi connectivity index (χ0n) is 11.6. The first kappa shape index (κ1) is 16.4. The molecule has 0 aliphatic heterocycles. The van der Waals surface area contributed by atoms with Gasteiger partial charge >= 0.3 is 0 Å². The topological polar surface area (TPSA) is 98.5 Å². The maximum Gasteiger partial charge on any atom is 0.280 e. The van der Waals surface area contributed by atoms with Crippen LogP contribution in [0.3, 0.4) is 0 Å². The lowest BCUT2D eigenvalue weighted by Crippen LogP contribution is -2.25. The third kappa shape index (κ3) is 5.06. The van der Waals surface area contributed by atoms with E-state index >= 15 is 0 Å². The van der Waals surface area contributed by atoms with Crippen LogP contribution < -0.4 is 10.1 Å². The van der Waals surface area contributed by atoms with Crippen LogP contribution in [0.2, 0.25) is 0 Å². The second-order valence-corrected chi connectivity index (χ2v) is 4.33. The van der Waals surface area contributed by atoms with Gasteiger partial charge in [0.25, 0.3) is 5.69 Å². The molecule has 1 N–H and O–H groups in total. The van der Waals surface area contributed by atoms with Gasteiger partial charge in [-0.3, -0.25) is 19.7 Å². The lowest BCUT2D eigenvalue weighted by atomic mass is 10.2. The molecule has 0 heterocycles. The summed E-state index contributed by atoms with van der Waals surface area (Å²) in [4.78, 5) is 32.0. The van der Waals surface area contributed by atoms with Gasteiger partial charge in [-0.1, -0.05) is 6.58 Å². The van der Waals surface area contributed by atoms with Gasteiger partial charge in [-0.25, -0.2) is 0 Å². The summed E-state index contributed by atoms with van der Waals surface area (Å²) in [6, 6.07) is 3.97. The van der Waals surface area contributed by atoms with Crippen LogP contribution >= 0.6 is 0 Å². The highest BCUT2D eigenvalue weighted by Crippen LogP contribution is 2.22. The molecule has 0 aliphatic carbocycles. The number of nitrogens with one attached hydrogen (secondary N) is 1. The number of rotatable bonds is 8. The standard InChI is InChI=1S/C14H16N2O5/c1-10(2)14(18)15-6-3-7-21-12-4-5-13(16(19)20)11(8-12)9-17/h4-5,8-9H,1,3,6-7H2,2H3,(H,15,18). The molecule has 0 atom stereocenters. The molecule has 0 saturated carbocycles. The smallest absolute Gasteiger partial charge is 0.280 e. The van der Waals surface area contributed by atoms with Crippen molar-refractivity contribution in [1.82, 2.24) is 5.32 Å². The number of hydrogen-bond donors (Lipinski definition) is 1. The molecule has 7 nitrogen and oxygen atoms in total. The second kappa shape index (κ2) is 7.78. The van der Waals surface area contributed by atoms with Crippen molar-refractivity contribution in [3.63, 3.8) is 0 Å². The molecular weight excluding hydrogens is 276 g/mol. The van der Waals surface area contributed by atoms with Crippen LogP contribution in [0.15, 0.2) is 30.4 Å². The fraction of sp³-hybridized carbons (Fsp3) is 0.286. The summed E-state index contributed by atoms with van der Waals surface area (Å²) in [6.07, 6.45) is 0.977. The molecule has 7 heteroatoms. The minimum absolute atomic E-state index is 0.0342. The van der Waals surface area contributed by atoms with E-state index in [0.29, 0.717) is 37.2 Å². The molecule has 0 spiro atoms.